The van der Waals surface area contributed by atoms with E-state index in [4.69, 9.17) is 0 Å². The van der Waals surface area contributed by atoms with Gasteiger partial charge in [0.2, 0.25) is 0 Å². The molecule has 0 N–H and O–H groups in total. The summed E-state index contributed by atoms with van der Waals surface area (Å²) in [6.45, 7) is 7.18. The van der Waals surface area contributed by atoms with Crippen LogP contribution in [0.2, 0.25) is 0 Å². The number of allylic oxidation sites excluding steroid dienone is 8. The summed E-state index contributed by atoms with van der Waals surface area (Å²) in [5, 5.41) is 0. The van der Waals surface area contributed by atoms with Gasteiger partial charge >= 0.3 is 30.2 Å². The van der Waals surface area contributed by atoms with Crippen LogP contribution in [0.15, 0.2) is 65.8 Å². The Morgan fingerprint density at radius 1 is 0.857 bits per heavy atom. The van der Waals surface area contributed by atoms with E-state index in [-0.39, 0.29) is 7.43 Å². The first-order chi connectivity index (χ1) is 9.79. The van der Waals surface area contributed by atoms with Crippen LogP contribution in [0.3, 0.4) is 0 Å². The second-order valence-electron chi connectivity index (χ2n) is 4.01. The largest absolute Gasteiger partial charge is 0.184 e. The summed E-state index contributed by atoms with van der Waals surface area (Å²) in [4.78, 5) is 0. The fourth-order valence-corrected chi connectivity index (χ4v) is 1.37. The summed E-state index contributed by atoms with van der Waals surface area (Å²) in [6.07, 6.45) is 16.7. The van der Waals surface area contributed by atoms with Gasteiger partial charge in [0.15, 0.2) is 0 Å². The SMILES string of the molecule is CC1=[C-]CC=C1.CC1=[C-]CC=C1.[CH3-].[Si]=[Zr].[c-]1ccccc1. The molecule has 2 aliphatic rings. The van der Waals surface area contributed by atoms with Crippen molar-refractivity contribution in [3.8, 4) is 0 Å². The van der Waals surface area contributed by atoms with Crippen molar-refractivity contribution in [3.63, 3.8) is 0 Å². The molecular formula is C19H22SiZr-4. The Morgan fingerprint density at radius 3 is 1.38 bits per heavy atom. The van der Waals surface area contributed by atoms with Gasteiger partial charge in [-0.3, -0.25) is 12.2 Å². The van der Waals surface area contributed by atoms with Crippen LogP contribution < -0.4 is 0 Å². The Morgan fingerprint density at radius 2 is 1.29 bits per heavy atom. The van der Waals surface area contributed by atoms with E-state index < -0.39 is 0 Å². The number of hydrogen-bond acceptors (Lipinski definition) is 0. The molecule has 1 aromatic rings. The summed E-state index contributed by atoms with van der Waals surface area (Å²) in [5.74, 6) is 0. The van der Waals surface area contributed by atoms with E-state index in [9.17, 15) is 0 Å². The first-order valence-electron chi connectivity index (χ1n) is 6.43. The van der Waals surface area contributed by atoms with Crippen LogP contribution >= 0.6 is 0 Å². The van der Waals surface area contributed by atoms with Crippen LogP contribution in [0.4, 0.5) is 0 Å². The molecule has 3 rings (SSSR count). The topological polar surface area (TPSA) is 0 Å². The van der Waals surface area contributed by atoms with E-state index >= 15 is 0 Å². The normalized spacial score (nSPS) is 13.0. The number of rotatable bonds is 0. The van der Waals surface area contributed by atoms with Crippen LogP contribution in [0.1, 0.15) is 26.7 Å². The molecule has 0 nitrogen and oxygen atoms in total. The minimum Gasteiger partial charge on any atom is -0.184 e. The average molecular weight is 370 g/mol. The third kappa shape index (κ3) is 15.5. The first-order valence-corrected chi connectivity index (χ1v) is 10.6. The van der Waals surface area contributed by atoms with Crippen molar-refractivity contribution in [2.24, 2.45) is 0 Å². The Kier molecular flexibility index (Phi) is 18.6. The summed E-state index contributed by atoms with van der Waals surface area (Å²) < 4.78 is 0. The molecule has 0 fully saturated rings. The summed E-state index contributed by atoms with van der Waals surface area (Å²) in [5.41, 5.74) is 2.55. The molecule has 0 spiro atoms. The zero-order valence-corrected chi connectivity index (χ0v) is 16.6. The quantitative estimate of drug-likeness (QED) is 0.448. The van der Waals surface area contributed by atoms with Crippen LogP contribution in [0.25, 0.3) is 0 Å². The second kappa shape index (κ2) is 17.3. The van der Waals surface area contributed by atoms with Gasteiger partial charge in [0.1, 0.15) is 0 Å². The fourth-order valence-electron chi connectivity index (χ4n) is 1.37. The molecule has 0 aromatic heterocycles. The fraction of sp³-hybridized carbons (Fsp3) is 0.211. The molecule has 0 bridgehead atoms. The van der Waals surface area contributed by atoms with Crippen molar-refractivity contribution in [2.45, 2.75) is 26.7 Å². The van der Waals surface area contributed by atoms with Gasteiger partial charge in [0.25, 0.3) is 0 Å². The molecule has 2 radical (unpaired) electrons. The van der Waals surface area contributed by atoms with E-state index in [0.29, 0.717) is 0 Å². The van der Waals surface area contributed by atoms with Gasteiger partial charge in [-0.2, -0.15) is 48.6 Å². The van der Waals surface area contributed by atoms with E-state index in [1.54, 1.807) is 0 Å². The molecule has 0 aliphatic heterocycles. The smallest absolute Gasteiger partial charge is 0.171 e. The van der Waals surface area contributed by atoms with E-state index in [1.165, 1.54) is 34.5 Å². The Balaban J connectivity index is 0. The third-order valence-corrected chi connectivity index (χ3v) is 2.34. The van der Waals surface area contributed by atoms with Crippen molar-refractivity contribution in [1.82, 2.24) is 0 Å². The molecule has 110 valence electrons. The van der Waals surface area contributed by atoms with Crippen molar-refractivity contribution >= 4 is 6.88 Å². The zero-order valence-electron chi connectivity index (χ0n) is 13.1. The maximum atomic E-state index is 3.12. The Hall–Kier alpha value is -0.720. The number of benzene rings is 1. The Bertz CT molecular complexity index is 395. The van der Waals surface area contributed by atoms with E-state index in [0.717, 1.165) is 12.8 Å². The van der Waals surface area contributed by atoms with Gasteiger partial charge in [-0.25, -0.2) is 23.3 Å². The average Bonchev–Trinajstić information content (AvgIpc) is 3.18. The summed E-state index contributed by atoms with van der Waals surface area (Å²) in [7, 11) is 0. The van der Waals surface area contributed by atoms with Gasteiger partial charge in [-0.1, -0.05) is 13.8 Å². The van der Waals surface area contributed by atoms with Crippen LogP contribution in [-0.2, 0) is 23.3 Å². The molecule has 0 saturated heterocycles. The third-order valence-electron chi connectivity index (χ3n) is 2.34. The van der Waals surface area contributed by atoms with Crippen molar-refractivity contribution < 1.29 is 23.3 Å². The van der Waals surface area contributed by atoms with Crippen molar-refractivity contribution in [3.05, 3.63) is 91.4 Å². The predicted molar refractivity (Wildman–Crippen MR) is 89.8 cm³/mol. The molecule has 0 heterocycles. The summed E-state index contributed by atoms with van der Waals surface area (Å²) in [6, 6.07) is 12.5. The molecule has 0 unspecified atom stereocenters. The van der Waals surface area contributed by atoms with Gasteiger partial charge in [-0.15, -0.1) is 12.8 Å². The van der Waals surface area contributed by atoms with Gasteiger partial charge < -0.3 is 7.43 Å². The second-order valence-corrected chi connectivity index (χ2v) is 4.01. The van der Waals surface area contributed by atoms with E-state index in [2.05, 4.69) is 63.2 Å². The first kappa shape index (κ1) is 22.6. The maximum absolute atomic E-state index is 3.12. The molecule has 1 aromatic carbocycles. The van der Waals surface area contributed by atoms with Crippen LogP contribution in [0.5, 0.6) is 0 Å². The molecule has 0 atom stereocenters. The molecule has 21 heavy (non-hydrogen) atoms. The summed E-state index contributed by atoms with van der Waals surface area (Å²) >= 11 is 1.36. The molecule has 0 saturated carbocycles. The van der Waals surface area contributed by atoms with Gasteiger partial charge in [0, 0.05) is 0 Å². The van der Waals surface area contributed by atoms with Gasteiger partial charge in [0.05, 0.1) is 0 Å². The monoisotopic (exact) mass is 368 g/mol. The van der Waals surface area contributed by atoms with Crippen molar-refractivity contribution in [2.75, 3.05) is 0 Å². The van der Waals surface area contributed by atoms with Gasteiger partial charge in [-0.05, 0) is 0 Å². The number of hydrogen-bond donors (Lipinski definition) is 0. The van der Waals surface area contributed by atoms with Crippen LogP contribution in [-0.4, -0.2) is 6.88 Å². The standard InChI is InChI=1S/2C6H7.C6H5.CH3.Si.Zr/c2*1-6-4-2-3-5-6;1-2-4-6-5-3-1;;;/h2*2,4H,3H2,1H3;1-5H;1H3;;/q4*-1;;. The molecule has 2 heteroatoms. The molecular weight excluding hydrogens is 348 g/mol. The maximum Gasteiger partial charge on any atom is -0.171 e. The zero-order chi connectivity index (χ0) is 15.1. The Labute approximate surface area is 147 Å². The molecule has 0 amide bonds. The van der Waals surface area contributed by atoms with Crippen LogP contribution in [0, 0.1) is 25.6 Å². The predicted octanol–water partition coefficient (Wildman–Crippen LogP) is 4.95. The minimum atomic E-state index is 0. The minimum absolute atomic E-state index is 0. The van der Waals surface area contributed by atoms with E-state index in [1.807, 2.05) is 30.3 Å². The van der Waals surface area contributed by atoms with Crippen molar-refractivity contribution in [1.29, 1.82) is 0 Å². The molecule has 2 aliphatic carbocycles.